The van der Waals surface area contributed by atoms with Gasteiger partial charge in [-0.3, -0.25) is 0 Å². The Kier molecular flexibility index (Phi) is 3.17. The average molecular weight is 293 g/mol. The molecular weight excluding hydrogens is 283 g/mol. The molecule has 0 saturated heterocycles. The summed E-state index contributed by atoms with van der Waals surface area (Å²) in [6.07, 6.45) is -4.71. The number of anilines is 2. The summed E-state index contributed by atoms with van der Waals surface area (Å²) in [7, 11) is 0. The van der Waals surface area contributed by atoms with Crippen molar-refractivity contribution in [2.24, 2.45) is 0 Å². The zero-order valence-electron chi connectivity index (χ0n) is 10.6. The molecule has 0 fully saturated rings. The first-order valence-electron chi connectivity index (χ1n) is 6.07. The third-order valence-electron chi connectivity index (χ3n) is 2.72. The van der Waals surface area contributed by atoms with Gasteiger partial charge in [0.25, 0.3) is 0 Å². The van der Waals surface area contributed by atoms with Crippen LogP contribution in [0.3, 0.4) is 0 Å². The number of aromatic amines is 1. The third kappa shape index (κ3) is 3.25. The van der Waals surface area contributed by atoms with Crippen molar-refractivity contribution >= 4 is 22.7 Å². The van der Waals surface area contributed by atoms with Crippen LogP contribution in [0.5, 0.6) is 5.75 Å². The highest BCUT2D eigenvalue weighted by Crippen LogP contribution is 2.26. The Morgan fingerprint density at radius 2 is 1.86 bits per heavy atom. The van der Waals surface area contributed by atoms with Gasteiger partial charge in [0.15, 0.2) is 0 Å². The van der Waals surface area contributed by atoms with E-state index in [-0.39, 0.29) is 5.75 Å². The van der Waals surface area contributed by atoms with Gasteiger partial charge < -0.3 is 15.0 Å². The molecule has 4 nitrogen and oxygen atoms in total. The van der Waals surface area contributed by atoms with E-state index in [1.807, 2.05) is 24.3 Å². The van der Waals surface area contributed by atoms with Gasteiger partial charge in [0.05, 0.1) is 11.0 Å². The van der Waals surface area contributed by atoms with E-state index in [0.29, 0.717) is 11.6 Å². The van der Waals surface area contributed by atoms with Gasteiger partial charge in [-0.2, -0.15) is 0 Å². The molecule has 3 rings (SSSR count). The van der Waals surface area contributed by atoms with E-state index in [0.717, 1.165) is 11.0 Å². The molecule has 2 aromatic carbocycles. The first-order chi connectivity index (χ1) is 9.99. The molecule has 0 aliphatic rings. The van der Waals surface area contributed by atoms with Gasteiger partial charge in [-0.05, 0) is 24.3 Å². The number of hydrogen-bond donors (Lipinski definition) is 2. The lowest BCUT2D eigenvalue weighted by atomic mass is 10.3. The van der Waals surface area contributed by atoms with Crippen LogP contribution < -0.4 is 10.1 Å². The Bertz CT molecular complexity index is 734. The van der Waals surface area contributed by atoms with Gasteiger partial charge in [0.2, 0.25) is 5.95 Å². The number of alkyl halides is 3. The average Bonchev–Trinajstić information content (AvgIpc) is 2.79. The Morgan fingerprint density at radius 3 is 2.62 bits per heavy atom. The highest BCUT2D eigenvalue weighted by atomic mass is 19.4. The van der Waals surface area contributed by atoms with Crippen LogP contribution in [0, 0.1) is 0 Å². The number of imidazole rings is 1. The van der Waals surface area contributed by atoms with Crippen molar-refractivity contribution < 1.29 is 17.9 Å². The highest BCUT2D eigenvalue weighted by molar-refractivity contribution is 5.78. The summed E-state index contributed by atoms with van der Waals surface area (Å²) in [5, 5.41) is 2.91. The standard InChI is InChI=1S/C14H10F3N3O/c15-14(16,17)21-10-5-3-4-9(8-10)18-13-19-11-6-1-2-7-12(11)20-13/h1-8H,(H2,18,19,20). The van der Waals surface area contributed by atoms with Crippen LogP contribution in [0.25, 0.3) is 11.0 Å². The third-order valence-corrected chi connectivity index (χ3v) is 2.72. The molecule has 0 atom stereocenters. The summed E-state index contributed by atoms with van der Waals surface area (Å²) in [4.78, 5) is 7.31. The van der Waals surface area contributed by atoms with E-state index in [1.54, 1.807) is 6.07 Å². The van der Waals surface area contributed by atoms with Gasteiger partial charge in [0, 0.05) is 11.8 Å². The van der Waals surface area contributed by atoms with E-state index in [2.05, 4.69) is 20.0 Å². The molecule has 1 heterocycles. The molecule has 3 aromatic rings. The number of halogens is 3. The first-order valence-corrected chi connectivity index (χ1v) is 6.07. The molecule has 0 spiro atoms. The molecular formula is C14H10F3N3O. The van der Waals surface area contributed by atoms with Crippen LogP contribution in [-0.4, -0.2) is 16.3 Å². The minimum Gasteiger partial charge on any atom is -0.406 e. The molecule has 7 heteroatoms. The summed E-state index contributed by atoms with van der Waals surface area (Å²) in [6.45, 7) is 0. The van der Waals surface area contributed by atoms with Crippen molar-refractivity contribution in [2.75, 3.05) is 5.32 Å². The fraction of sp³-hybridized carbons (Fsp3) is 0.0714. The zero-order valence-corrected chi connectivity index (χ0v) is 10.6. The predicted molar refractivity (Wildman–Crippen MR) is 72.5 cm³/mol. The van der Waals surface area contributed by atoms with Gasteiger partial charge in [0.1, 0.15) is 5.75 Å². The molecule has 0 amide bonds. The molecule has 0 saturated carbocycles. The van der Waals surface area contributed by atoms with Crippen molar-refractivity contribution in [2.45, 2.75) is 6.36 Å². The van der Waals surface area contributed by atoms with Crippen LogP contribution in [-0.2, 0) is 0 Å². The van der Waals surface area contributed by atoms with Crippen LogP contribution in [0.15, 0.2) is 48.5 Å². The maximum absolute atomic E-state index is 12.2. The lowest BCUT2D eigenvalue weighted by Gasteiger charge is -2.10. The summed E-state index contributed by atoms with van der Waals surface area (Å²) < 4.78 is 40.4. The van der Waals surface area contributed by atoms with Gasteiger partial charge >= 0.3 is 6.36 Å². The molecule has 21 heavy (non-hydrogen) atoms. The van der Waals surface area contributed by atoms with Crippen molar-refractivity contribution in [1.29, 1.82) is 0 Å². The normalized spacial score (nSPS) is 11.6. The minimum absolute atomic E-state index is 0.288. The Hall–Kier alpha value is -2.70. The van der Waals surface area contributed by atoms with E-state index in [9.17, 15) is 13.2 Å². The molecule has 0 aliphatic heterocycles. The second-order valence-corrected chi connectivity index (χ2v) is 4.30. The van der Waals surface area contributed by atoms with Crippen LogP contribution in [0.1, 0.15) is 0 Å². The Balaban J connectivity index is 1.82. The summed E-state index contributed by atoms with van der Waals surface area (Å²) in [5.41, 5.74) is 2.04. The quantitative estimate of drug-likeness (QED) is 0.760. The Labute approximate surface area is 117 Å². The van der Waals surface area contributed by atoms with E-state index >= 15 is 0 Å². The SMILES string of the molecule is FC(F)(F)Oc1cccc(Nc2nc3ccccc3[nH]2)c1. The van der Waals surface area contributed by atoms with Crippen LogP contribution in [0.4, 0.5) is 24.8 Å². The first kappa shape index (κ1) is 13.3. The molecule has 2 N–H and O–H groups in total. The lowest BCUT2D eigenvalue weighted by molar-refractivity contribution is -0.274. The fourth-order valence-corrected chi connectivity index (χ4v) is 1.92. The van der Waals surface area contributed by atoms with Gasteiger partial charge in [-0.1, -0.05) is 18.2 Å². The molecule has 0 aliphatic carbocycles. The molecule has 1 aromatic heterocycles. The number of para-hydroxylation sites is 2. The zero-order chi connectivity index (χ0) is 14.9. The van der Waals surface area contributed by atoms with Crippen LogP contribution >= 0.6 is 0 Å². The van der Waals surface area contributed by atoms with Crippen LogP contribution in [0.2, 0.25) is 0 Å². The highest BCUT2D eigenvalue weighted by Gasteiger charge is 2.31. The molecule has 0 bridgehead atoms. The number of ether oxygens (including phenoxy) is 1. The lowest BCUT2D eigenvalue weighted by Crippen LogP contribution is -2.17. The maximum Gasteiger partial charge on any atom is 0.573 e. The monoisotopic (exact) mass is 293 g/mol. The smallest absolute Gasteiger partial charge is 0.406 e. The van der Waals surface area contributed by atoms with Crippen molar-refractivity contribution in [1.82, 2.24) is 9.97 Å². The topological polar surface area (TPSA) is 49.9 Å². The van der Waals surface area contributed by atoms with E-state index in [1.165, 1.54) is 18.2 Å². The summed E-state index contributed by atoms with van der Waals surface area (Å²) in [6, 6.07) is 13.0. The fourth-order valence-electron chi connectivity index (χ4n) is 1.92. The second-order valence-electron chi connectivity index (χ2n) is 4.30. The number of hydrogen-bond acceptors (Lipinski definition) is 3. The summed E-state index contributed by atoms with van der Waals surface area (Å²) in [5.74, 6) is 0.156. The number of fused-ring (bicyclic) bond motifs is 1. The van der Waals surface area contributed by atoms with Crippen molar-refractivity contribution in [3.63, 3.8) is 0 Å². The number of benzene rings is 2. The molecule has 0 unspecified atom stereocenters. The van der Waals surface area contributed by atoms with Crippen molar-refractivity contribution in [3.8, 4) is 5.75 Å². The number of H-pyrrole nitrogens is 1. The number of rotatable bonds is 3. The van der Waals surface area contributed by atoms with E-state index in [4.69, 9.17) is 0 Å². The van der Waals surface area contributed by atoms with Gasteiger partial charge in [-0.25, -0.2) is 4.98 Å². The predicted octanol–water partition coefficient (Wildman–Crippen LogP) is 4.21. The molecule has 0 radical (unpaired) electrons. The largest absolute Gasteiger partial charge is 0.573 e. The van der Waals surface area contributed by atoms with Crippen molar-refractivity contribution in [3.05, 3.63) is 48.5 Å². The van der Waals surface area contributed by atoms with E-state index < -0.39 is 6.36 Å². The second kappa shape index (κ2) is 5.01. The Morgan fingerprint density at radius 1 is 1.05 bits per heavy atom. The number of nitrogens with one attached hydrogen (secondary N) is 2. The molecule has 108 valence electrons. The maximum atomic E-state index is 12.2. The number of nitrogens with zero attached hydrogens (tertiary/aromatic N) is 1. The number of aromatic nitrogens is 2. The van der Waals surface area contributed by atoms with Gasteiger partial charge in [-0.15, -0.1) is 13.2 Å². The minimum atomic E-state index is -4.71. The summed E-state index contributed by atoms with van der Waals surface area (Å²) >= 11 is 0.